The Hall–Kier alpha value is -1.62. The molecule has 19 heavy (non-hydrogen) atoms. The molecule has 0 aromatic carbocycles. The van der Waals surface area contributed by atoms with E-state index in [1.54, 1.807) is 13.3 Å². The van der Waals surface area contributed by atoms with Gasteiger partial charge >= 0.3 is 5.69 Å². The van der Waals surface area contributed by atoms with Crippen molar-refractivity contribution in [2.75, 3.05) is 7.11 Å². The fourth-order valence-electron chi connectivity index (χ4n) is 3.05. The summed E-state index contributed by atoms with van der Waals surface area (Å²) in [5.74, 6) is 0.510. The molecule has 5 nitrogen and oxygen atoms in total. The number of pyridine rings is 1. The summed E-state index contributed by atoms with van der Waals surface area (Å²) in [7, 11) is 1.77. The van der Waals surface area contributed by atoms with Gasteiger partial charge in [0.05, 0.1) is 11.6 Å². The smallest absolute Gasteiger partial charge is 0.327 e. The van der Waals surface area contributed by atoms with E-state index in [4.69, 9.17) is 4.74 Å². The van der Waals surface area contributed by atoms with E-state index in [0.717, 1.165) is 24.9 Å². The third-order valence-corrected chi connectivity index (χ3v) is 4.06. The second kappa shape index (κ2) is 5.17. The van der Waals surface area contributed by atoms with Gasteiger partial charge in [-0.3, -0.25) is 9.55 Å². The minimum absolute atomic E-state index is 0.0618. The van der Waals surface area contributed by atoms with Crippen LogP contribution in [0.15, 0.2) is 23.1 Å². The molecule has 3 rings (SSSR count). The van der Waals surface area contributed by atoms with Crippen molar-refractivity contribution < 1.29 is 4.74 Å². The lowest BCUT2D eigenvalue weighted by Gasteiger charge is -2.28. The molecular weight excluding hydrogens is 242 g/mol. The van der Waals surface area contributed by atoms with Gasteiger partial charge in [-0.05, 0) is 37.3 Å². The first-order valence-corrected chi connectivity index (χ1v) is 6.84. The van der Waals surface area contributed by atoms with Crippen LogP contribution in [0.4, 0.5) is 0 Å². The number of aromatic nitrogens is 3. The molecule has 102 valence electrons. The summed E-state index contributed by atoms with van der Waals surface area (Å²) in [4.78, 5) is 19.0. The highest BCUT2D eigenvalue weighted by molar-refractivity contribution is 5.70. The molecule has 1 aliphatic carbocycles. The van der Waals surface area contributed by atoms with E-state index in [2.05, 4.69) is 9.97 Å². The van der Waals surface area contributed by atoms with E-state index in [0.29, 0.717) is 17.7 Å². The van der Waals surface area contributed by atoms with Crippen LogP contribution in [0.1, 0.15) is 25.7 Å². The quantitative estimate of drug-likeness (QED) is 0.918. The van der Waals surface area contributed by atoms with Crippen LogP contribution in [-0.4, -0.2) is 27.7 Å². The van der Waals surface area contributed by atoms with Crippen LogP contribution in [0.5, 0.6) is 0 Å². The van der Waals surface area contributed by atoms with Crippen molar-refractivity contribution in [2.24, 2.45) is 5.92 Å². The number of fused-ring (bicyclic) bond motifs is 1. The minimum atomic E-state index is -0.0618. The monoisotopic (exact) mass is 261 g/mol. The molecule has 2 atom stereocenters. The second-order valence-electron chi connectivity index (χ2n) is 5.30. The van der Waals surface area contributed by atoms with Crippen molar-refractivity contribution in [2.45, 2.75) is 38.3 Å². The van der Waals surface area contributed by atoms with Crippen molar-refractivity contribution in [3.8, 4) is 0 Å². The molecule has 0 amide bonds. The Morgan fingerprint density at radius 2 is 2.42 bits per heavy atom. The highest BCUT2D eigenvalue weighted by atomic mass is 16.5. The van der Waals surface area contributed by atoms with Gasteiger partial charge in [0.2, 0.25) is 0 Å². The first-order valence-electron chi connectivity index (χ1n) is 6.84. The Labute approximate surface area is 111 Å². The molecule has 1 N–H and O–H groups in total. The number of hydrogen-bond acceptors (Lipinski definition) is 3. The first kappa shape index (κ1) is 12.4. The molecule has 0 spiro atoms. The van der Waals surface area contributed by atoms with Crippen molar-refractivity contribution in [3.63, 3.8) is 0 Å². The highest BCUT2D eigenvalue weighted by Gasteiger charge is 2.23. The zero-order valence-corrected chi connectivity index (χ0v) is 11.1. The molecular formula is C14H19N3O2. The van der Waals surface area contributed by atoms with E-state index < -0.39 is 0 Å². The lowest BCUT2D eigenvalue weighted by atomic mass is 9.87. The van der Waals surface area contributed by atoms with Gasteiger partial charge in [0.1, 0.15) is 0 Å². The largest absolute Gasteiger partial charge is 0.381 e. The molecule has 0 radical (unpaired) electrons. The maximum Gasteiger partial charge on any atom is 0.327 e. The Balaban J connectivity index is 1.85. The van der Waals surface area contributed by atoms with Crippen LogP contribution < -0.4 is 5.69 Å². The van der Waals surface area contributed by atoms with Crippen molar-refractivity contribution in [1.82, 2.24) is 14.5 Å². The van der Waals surface area contributed by atoms with Gasteiger partial charge < -0.3 is 4.74 Å². The Bertz CT molecular complexity index is 616. The van der Waals surface area contributed by atoms with E-state index in [9.17, 15) is 4.79 Å². The van der Waals surface area contributed by atoms with E-state index in [1.807, 2.05) is 16.7 Å². The summed E-state index contributed by atoms with van der Waals surface area (Å²) in [6.07, 6.45) is 6.56. The van der Waals surface area contributed by atoms with Gasteiger partial charge in [-0.15, -0.1) is 0 Å². The highest BCUT2D eigenvalue weighted by Crippen LogP contribution is 2.27. The number of rotatable bonds is 3. The third-order valence-electron chi connectivity index (χ3n) is 4.06. The Morgan fingerprint density at radius 3 is 3.26 bits per heavy atom. The van der Waals surface area contributed by atoms with E-state index in [-0.39, 0.29) is 5.69 Å². The topological polar surface area (TPSA) is 59.9 Å². The molecule has 1 aliphatic rings. The van der Waals surface area contributed by atoms with Gasteiger partial charge in [0.25, 0.3) is 0 Å². The maximum atomic E-state index is 12.0. The second-order valence-corrected chi connectivity index (χ2v) is 5.30. The van der Waals surface area contributed by atoms with Crippen LogP contribution in [-0.2, 0) is 11.3 Å². The van der Waals surface area contributed by atoms with Crippen molar-refractivity contribution >= 4 is 11.2 Å². The van der Waals surface area contributed by atoms with Crippen LogP contribution in [0, 0.1) is 5.92 Å². The fraction of sp³-hybridized carbons (Fsp3) is 0.571. The molecule has 0 saturated heterocycles. The van der Waals surface area contributed by atoms with Gasteiger partial charge in [0.15, 0.2) is 5.65 Å². The number of imidazole rings is 1. The molecule has 0 unspecified atom stereocenters. The Morgan fingerprint density at radius 1 is 1.53 bits per heavy atom. The molecule has 1 saturated carbocycles. The van der Waals surface area contributed by atoms with Gasteiger partial charge in [-0.1, -0.05) is 6.42 Å². The number of methoxy groups -OCH3 is 1. The summed E-state index contributed by atoms with van der Waals surface area (Å²) >= 11 is 0. The van der Waals surface area contributed by atoms with Crippen molar-refractivity contribution in [1.29, 1.82) is 0 Å². The average Bonchev–Trinajstić information content (AvgIpc) is 2.76. The molecule has 0 aliphatic heterocycles. The lowest BCUT2D eigenvalue weighted by molar-refractivity contribution is 0.0473. The summed E-state index contributed by atoms with van der Waals surface area (Å²) in [6, 6.07) is 3.81. The zero-order chi connectivity index (χ0) is 13.2. The molecule has 2 aromatic rings. The van der Waals surface area contributed by atoms with E-state index in [1.165, 1.54) is 12.8 Å². The Kier molecular flexibility index (Phi) is 3.38. The van der Waals surface area contributed by atoms with Gasteiger partial charge in [-0.2, -0.15) is 0 Å². The van der Waals surface area contributed by atoms with Gasteiger partial charge in [0, 0.05) is 19.9 Å². The zero-order valence-electron chi connectivity index (χ0n) is 11.1. The average molecular weight is 261 g/mol. The minimum Gasteiger partial charge on any atom is -0.381 e. The first-order chi connectivity index (χ1) is 9.28. The SMILES string of the molecule is CO[C@H]1CCC[C@H](Cn2c(=O)[nH]c3ncccc32)C1. The molecule has 2 aromatic heterocycles. The van der Waals surface area contributed by atoms with Crippen LogP contribution in [0.2, 0.25) is 0 Å². The number of hydrogen-bond donors (Lipinski definition) is 1. The summed E-state index contributed by atoms with van der Waals surface area (Å²) in [6.45, 7) is 0.754. The number of ether oxygens (including phenoxy) is 1. The standard InChI is InChI=1S/C14H19N3O2/c1-19-11-5-2-4-10(8-11)9-17-12-6-3-7-15-13(12)16-14(17)18/h3,6-7,10-11H,2,4-5,8-9H2,1H3,(H,15,16,18)/t10-,11-/m0/s1. The third kappa shape index (κ3) is 2.42. The predicted molar refractivity (Wildman–Crippen MR) is 73.1 cm³/mol. The molecule has 2 heterocycles. The fourth-order valence-corrected chi connectivity index (χ4v) is 3.05. The summed E-state index contributed by atoms with van der Waals surface area (Å²) in [5, 5.41) is 0. The predicted octanol–water partition coefficient (Wildman–Crippen LogP) is 1.93. The normalized spacial score (nSPS) is 23.8. The van der Waals surface area contributed by atoms with Gasteiger partial charge in [-0.25, -0.2) is 9.78 Å². The van der Waals surface area contributed by atoms with Crippen molar-refractivity contribution in [3.05, 3.63) is 28.8 Å². The van der Waals surface area contributed by atoms with E-state index >= 15 is 0 Å². The summed E-state index contributed by atoms with van der Waals surface area (Å²) < 4.78 is 7.26. The number of aromatic amines is 1. The maximum absolute atomic E-state index is 12.0. The molecule has 0 bridgehead atoms. The summed E-state index contributed by atoms with van der Waals surface area (Å²) in [5.41, 5.74) is 1.51. The van der Waals surface area contributed by atoms with Crippen LogP contribution in [0.25, 0.3) is 11.2 Å². The number of H-pyrrole nitrogens is 1. The lowest BCUT2D eigenvalue weighted by Crippen LogP contribution is -2.28. The van der Waals surface area contributed by atoms with Crippen LogP contribution >= 0.6 is 0 Å². The molecule has 1 fully saturated rings. The molecule has 5 heteroatoms. The number of nitrogens with zero attached hydrogens (tertiary/aromatic N) is 2. The van der Waals surface area contributed by atoms with Crippen LogP contribution in [0.3, 0.4) is 0 Å². The number of nitrogens with one attached hydrogen (secondary N) is 1.